The van der Waals surface area contributed by atoms with Crippen LogP contribution in [0.5, 0.6) is 0 Å². The summed E-state index contributed by atoms with van der Waals surface area (Å²) in [5.41, 5.74) is 6.35. The van der Waals surface area contributed by atoms with Crippen molar-refractivity contribution in [3.8, 4) is 0 Å². The molecule has 0 aliphatic rings. The predicted molar refractivity (Wildman–Crippen MR) is 74.6 cm³/mol. The van der Waals surface area contributed by atoms with E-state index in [1.54, 1.807) is 11.8 Å². The van der Waals surface area contributed by atoms with Crippen LogP contribution >= 0.6 is 11.8 Å². The molecule has 0 spiro atoms. The van der Waals surface area contributed by atoms with Crippen LogP contribution in [0.1, 0.15) is 12.5 Å². The van der Waals surface area contributed by atoms with E-state index in [4.69, 9.17) is 5.73 Å². The highest BCUT2D eigenvalue weighted by atomic mass is 32.2. The number of carbonyl (C=O) groups excluding carboxylic acids is 1. The number of nitrogens with two attached hydrogens (primary N) is 1. The van der Waals surface area contributed by atoms with Crippen molar-refractivity contribution in [2.45, 2.75) is 24.3 Å². The van der Waals surface area contributed by atoms with E-state index in [1.165, 1.54) is 4.90 Å². The van der Waals surface area contributed by atoms with Gasteiger partial charge in [-0.1, -0.05) is 19.1 Å². The van der Waals surface area contributed by atoms with Gasteiger partial charge in [0.2, 0.25) is 5.91 Å². The lowest BCUT2D eigenvalue weighted by Gasteiger charge is -2.09. The molecule has 4 nitrogen and oxygen atoms in total. The summed E-state index contributed by atoms with van der Waals surface area (Å²) in [5.74, 6) is 0.655. The first-order valence-corrected chi connectivity index (χ1v) is 7.03. The average molecular weight is 268 g/mol. The number of carbonyl (C=O) groups is 1. The third kappa shape index (κ3) is 5.08. The quantitative estimate of drug-likeness (QED) is 0.639. The van der Waals surface area contributed by atoms with Gasteiger partial charge in [-0.05, 0) is 29.9 Å². The fraction of sp³-hybridized carbons (Fsp3) is 0.462. The molecule has 0 saturated heterocycles. The van der Waals surface area contributed by atoms with E-state index >= 15 is 0 Å². The van der Waals surface area contributed by atoms with Gasteiger partial charge in [0.1, 0.15) is 6.10 Å². The van der Waals surface area contributed by atoms with Crippen LogP contribution in [-0.2, 0) is 11.2 Å². The number of hydrogen-bond acceptors (Lipinski definition) is 4. The van der Waals surface area contributed by atoms with Gasteiger partial charge >= 0.3 is 0 Å². The molecule has 100 valence electrons. The number of amides is 1. The minimum Gasteiger partial charge on any atom is -0.382 e. The number of aliphatic hydroxyl groups is 1. The van der Waals surface area contributed by atoms with Crippen molar-refractivity contribution >= 4 is 17.7 Å². The Balaban J connectivity index is 2.33. The SMILES string of the molecule is CCSc1ccc(CCNC(=O)C(O)CN)cc1. The van der Waals surface area contributed by atoms with Crippen molar-refractivity contribution in [2.75, 3.05) is 18.8 Å². The van der Waals surface area contributed by atoms with Gasteiger partial charge < -0.3 is 16.2 Å². The molecule has 0 heterocycles. The average Bonchev–Trinajstić information content (AvgIpc) is 2.40. The molecule has 1 amide bonds. The molecule has 0 radical (unpaired) electrons. The molecule has 0 aliphatic heterocycles. The lowest BCUT2D eigenvalue weighted by atomic mass is 10.1. The van der Waals surface area contributed by atoms with Crippen LogP contribution in [0.25, 0.3) is 0 Å². The third-order valence-electron chi connectivity index (χ3n) is 2.47. The lowest BCUT2D eigenvalue weighted by Crippen LogP contribution is -2.39. The van der Waals surface area contributed by atoms with Crippen molar-refractivity contribution in [3.05, 3.63) is 29.8 Å². The molecule has 0 bridgehead atoms. The molecule has 1 rings (SSSR count). The van der Waals surface area contributed by atoms with Crippen molar-refractivity contribution < 1.29 is 9.90 Å². The van der Waals surface area contributed by atoms with Crippen LogP contribution in [-0.4, -0.2) is 36.0 Å². The first-order chi connectivity index (χ1) is 8.67. The molecule has 18 heavy (non-hydrogen) atoms. The van der Waals surface area contributed by atoms with Crippen LogP contribution in [0, 0.1) is 0 Å². The Morgan fingerprint density at radius 1 is 1.44 bits per heavy atom. The van der Waals surface area contributed by atoms with Crippen molar-refractivity contribution in [1.29, 1.82) is 0 Å². The second kappa shape index (κ2) is 8.13. The molecule has 0 saturated carbocycles. The summed E-state index contributed by atoms with van der Waals surface area (Å²) in [6.45, 7) is 2.59. The number of aliphatic hydroxyl groups excluding tert-OH is 1. The predicted octanol–water partition coefficient (Wildman–Crippen LogP) is 0.777. The molecule has 1 unspecified atom stereocenters. The molecule has 1 aromatic rings. The fourth-order valence-electron chi connectivity index (χ4n) is 1.47. The van der Waals surface area contributed by atoms with Crippen molar-refractivity contribution in [2.24, 2.45) is 5.73 Å². The van der Waals surface area contributed by atoms with Crippen molar-refractivity contribution in [3.63, 3.8) is 0 Å². The molecule has 0 aliphatic carbocycles. The van der Waals surface area contributed by atoms with Crippen LogP contribution in [0.2, 0.25) is 0 Å². The van der Waals surface area contributed by atoms with E-state index in [9.17, 15) is 9.90 Å². The highest BCUT2D eigenvalue weighted by Crippen LogP contribution is 2.17. The number of benzene rings is 1. The van der Waals surface area contributed by atoms with Gasteiger partial charge in [0.15, 0.2) is 0 Å². The second-order valence-corrected chi connectivity index (χ2v) is 5.21. The molecule has 5 heteroatoms. The maximum absolute atomic E-state index is 11.3. The Bertz CT molecular complexity index is 368. The van der Waals surface area contributed by atoms with E-state index in [0.29, 0.717) is 6.54 Å². The van der Waals surface area contributed by atoms with Crippen LogP contribution in [0.3, 0.4) is 0 Å². The molecule has 0 aromatic heterocycles. The first-order valence-electron chi connectivity index (χ1n) is 6.05. The van der Waals surface area contributed by atoms with E-state index in [1.807, 2.05) is 0 Å². The van der Waals surface area contributed by atoms with E-state index < -0.39 is 12.0 Å². The summed E-state index contributed by atoms with van der Waals surface area (Å²) in [4.78, 5) is 12.5. The summed E-state index contributed by atoms with van der Waals surface area (Å²) in [6.07, 6.45) is -0.353. The number of hydrogen-bond donors (Lipinski definition) is 3. The van der Waals surface area contributed by atoms with Gasteiger partial charge in [0, 0.05) is 18.0 Å². The summed E-state index contributed by atoms with van der Waals surface area (Å²) in [6, 6.07) is 8.28. The lowest BCUT2D eigenvalue weighted by molar-refractivity contribution is -0.128. The number of rotatable bonds is 7. The zero-order valence-corrected chi connectivity index (χ0v) is 11.4. The normalized spacial score (nSPS) is 12.2. The standard InChI is InChI=1S/C13H20N2O2S/c1-2-18-11-5-3-10(4-6-11)7-8-15-13(17)12(16)9-14/h3-6,12,16H,2,7-9,14H2,1H3,(H,15,17). The van der Waals surface area contributed by atoms with Gasteiger partial charge in [0.05, 0.1) is 0 Å². The first kappa shape index (κ1) is 15.0. The number of nitrogens with one attached hydrogen (secondary N) is 1. The van der Waals surface area contributed by atoms with Gasteiger partial charge in [-0.25, -0.2) is 0 Å². The largest absolute Gasteiger partial charge is 0.382 e. The third-order valence-corrected chi connectivity index (χ3v) is 3.37. The Hall–Kier alpha value is -1.04. The smallest absolute Gasteiger partial charge is 0.250 e. The Morgan fingerprint density at radius 2 is 2.11 bits per heavy atom. The number of thioether (sulfide) groups is 1. The van der Waals surface area contributed by atoms with Gasteiger partial charge in [-0.3, -0.25) is 4.79 Å². The van der Waals surface area contributed by atoms with Crippen LogP contribution < -0.4 is 11.1 Å². The molecular weight excluding hydrogens is 248 g/mol. The van der Waals surface area contributed by atoms with E-state index in [2.05, 4.69) is 36.5 Å². The minimum atomic E-state index is -1.10. The van der Waals surface area contributed by atoms with Gasteiger partial charge in [0.25, 0.3) is 0 Å². The van der Waals surface area contributed by atoms with Gasteiger partial charge in [-0.15, -0.1) is 11.8 Å². The van der Waals surface area contributed by atoms with Crippen LogP contribution in [0.15, 0.2) is 29.2 Å². The zero-order chi connectivity index (χ0) is 13.4. The fourth-order valence-corrected chi connectivity index (χ4v) is 2.14. The Labute approximate surface area is 112 Å². The maximum Gasteiger partial charge on any atom is 0.250 e. The summed E-state index contributed by atoms with van der Waals surface area (Å²) in [7, 11) is 0. The topological polar surface area (TPSA) is 75.3 Å². The molecule has 4 N–H and O–H groups in total. The van der Waals surface area contributed by atoms with Gasteiger partial charge in [-0.2, -0.15) is 0 Å². The van der Waals surface area contributed by atoms with E-state index in [0.717, 1.165) is 17.7 Å². The summed E-state index contributed by atoms with van der Waals surface area (Å²) in [5, 5.41) is 11.8. The molecule has 1 atom stereocenters. The second-order valence-electron chi connectivity index (χ2n) is 3.87. The summed E-state index contributed by atoms with van der Waals surface area (Å²) < 4.78 is 0. The molecule has 1 aromatic carbocycles. The minimum absolute atomic E-state index is 0.0469. The Kier molecular flexibility index (Phi) is 6.78. The maximum atomic E-state index is 11.3. The monoisotopic (exact) mass is 268 g/mol. The Morgan fingerprint density at radius 3 is 2.67 bits per heavy atom. The highest BCUT2D eigenvalue weighted by molar-refractivity contribution is 7.99. The van der Waals surface area contributed by atoms with Crippen molar-refractivity contribution in [1.82, 2.24) is 5.32 Å². The van der Waals surface area contributed by atoms with E-state index in [-0.39, 0.29) is 6.54 Å². The highest BCUT2D eigenvalue weighted by Gasteiger charge is 2.11. The molecule has 0 fully saturated rings. The van der Waals surface area contributed by atoms with Crippen LogP contribution in [0.4, 0.5) is 0 Å². The zero-order valence-electron chi connectivity index (χ0n) is 10.6. The summed E-state index contributed by atoms with van der Waals surface area (Å²) >= 11 is 1.80. The molecular formula is C13H20N2O2S.